The van der Waals surface area contributed by atoms with Gasteiger partial charge in [-0.1, -0.05) is 39.1 Å². The van der Waals surface area contributed by atoms with Crippen LogP contribution in [0.4, 0.5) is 0 Å². The largest absolute Gasteiger partial charge is 0.489 e. The average molecular weight is 525 g/mol. The molecule has 0 saturated carbocycles. The SMILES string of the molecule is C=C(C)C(=O)OCCOC(=O)c1ccc(-c2ccc(OC(=O)C(=C)C)cc2)c(OCCOC(=O)C(C)C)c1. The van der Waals surface area contributed by atoms with Crippen molar-refractivity contribution >= 4 is 23.9 Å². The Labute approximate surface area is 222 Å². The molecule has 0 atom stereocenters. The second-order valence-corrected chi connectivity index (χ2v) is 8.63. The molecule has 9 nitrogen and oxygen atoms in total. The predicted octanol–water partition coefficient (Wildman–Crippen LogP) is 4.69. The van der Waals surface area contributed by atoms with E-state index >= 15 is 0 Å². The summed E-state index contributed by atoms with van der Waals surface area (Å²) in [6, 6.07) is 11.5. The van der Waals surface area contributed by atoms with E-state index in [0.29, 0.717) is 17.1 Å². The zero-order valence-electron chi connectivity index (χ0n) is 22.0. The van der Waals surface area contributed by atoms with Gasteiger partial charge in [0.2, 0.25) is 0 Å². The highest BCUT2D eigenvalue weighted by Crippen LogP contribution is 2.32. The van der Waals surface area contributed by atoms with E-state index in [0.717, 1.165) is 5.56 Å². The molecule has 0 saturated heterocycles. The third-order valence-electron chi connectivity index (χ3n) is 4.90. The van der Waals surface area contributed by atoms with Gasteiger partial charge in [-0.3, -0.25) is 4.79 Å². The van der Waals surface area contributed by atoms with E-state index in [4.69, 9.17) is 23.7 Å². The molecule has 0 radical (unpaired) electrons. The Morgan fingerprint density at radius 1 is 0.763 bits per heavy atom. The molecule has 0 aromatic heterocycles. The van der Waals surface area contributed by atoms with Crippen LogP contribution in [0.25, 0.3) is 11.1 Å². The van der Waals surface area contributed by atoms with E-state index < -0.39 is 17.9 Å². The average Bonchev–Trinajstić information content (AvgIpc) is 2.88. The molecule has 2 aromatic rings. The molecular weight excluding hydrogens is 492 g/mol. The van der Waals surface area contributed by atoms with Crippen LogP contribution < -0.4 is 9.47 Å². The minimum Gasteiger partial charge on any atom is -0.489 e. The molecule has 0 bridgehead atoms. The highest BCUT2D eigenvalue weighted by Gasteiger charge is 2.15. The number of rotatable bonds is 13. The summed E-state index contributed by atoms with van der Waals surface area (Å²) in [4.78, 5) is 47.5. The van der Waals surface area contributed by atoms with Crippen molar-refractivity contribution in [3.05, 3.63) is 72.3 Å². The molecule has 0 fully saturated rings. The van der Waals surface area contributed by atoms with Crippen LogP contribution in [0.1, 0.15) is 38.1 Å². The Bertz CT molecular complexity index is 1190. The number of benzene rings is 2. The molecular formula is C29H32O9. The lowest BCUT2D eigenvalue weighted by Crippen LogP contribution is -2.17. The van der Waals surface area contributed by atoms with Gasteiger partial charge in [0.05, 0.1) is 11.5 Å². The lowest BCUT2D eigenvalue weighted by atomic mass is 10.0. The topological polar surface area (TPSA) is 114 Å². The van der Waals surface area contributed by atoms with Crippen LogP contribution in [-0.4, -0.2) is 50.3 Å². The maximum Gasteiger partial charge on any atom is 0.338 e. The van der Waals surface area contributed by atoms with Crippen LogP contribution in [0.3, 0.4) is 0 Å². The van der Waals surface area contributed by atoms with Crippen molar-refractivity contribution in [2.75, 3.05) is 26.4 Å². The second kappa shape index (κ2) is 14.4. The Morgan fingerprint density at radius 3 is 1.97 bits per heavy atom. The standard InChI is InChI=1S/C29H32O9/c1-18(2)26(30)35-14-13-34-25-17-22(29(33)37-16-15-36-27(31)19(3)4)9-12-24(25)21-7-10-23(11-8-21)38-28(32)20(5)6/h7-12,17-18H,3,5,13-16H2,1-2,4,6H3. The summed E-state index contributed by atoms with van der Waals surface area (Å²) >= 11 is 0. The highest BCUT2D eigenvalue weighted by atomic mass is 16.6. The first-order valence-corrected chi connectivity index (χ1v) is 11.9. The van der Waals surface area contributed by atoms with Crippen molar-refractivity contribution in [1.82, 2.24) is 0 Å². The number of ether oxygens (including phenoxy) is 5. The molecule has 38 heavy (non-hydrogen) atoms. The van der Waals surface area contributed by atoms with E-state index in [-0.39, 0.29) is 55.0 Å². The van der Waals surface area contributed by atoms with Gasteiger partial charge in [-0.25, -0.2) is 14.4 Å². The highest BCUT2D eigenvalue weighted by molar-refractivity contribution is 5.92. The zero-order chi connectivity index (χ0) is 28.2. The van der Waals surface area contributed by atoms with E-state index in [1.54, 1.807) is 57.2 Å². The Kier molecular flexibility index (Phi) is 11.3. The van der Waals surface area contributed by atoms with Crippen molar-refractivity contribution in [3.63, 3.8) is 0 Å². The van der Waals surface area contributed by atoms with Crippen LogP contribution >= 0.6 is 0 Å². The number of carbonyl (C=O) groups excluding carboxylic acids is 4. The normalized spacial score (nSPS) is 10.3. The van der Waals surface area contributed by atoms with Gasteiger partial charge in [0.25, 0.3) is 0 Å². The lowest BCUT2D eigenvalue weighted by Gasteiger charge is -2.15. The molecule has 0 aliphatic rings. The fourth-order valence-corrected chi connectivity index (χ4v) is 2.84. The fourth-order valence-electron chi connectivity index (χ4n) is 2.84. The Hall–Kier alpha value is -4.40. The lowest BCUT2D eigenvalue weighted by molar-refractivity contribution is -0.148. The molecule has 2 aromatic carbocycles. The molecule has 0 unspecified atom stereocenters. The summed E-state index contributed by atoms with van der Waals surface area (Å²) in [5.41, 5.74) is 2.10. The van der Waals surface area contributed by atoms with Crippen molar-refractivity contribution in [2.45, 2.75) is 27.7 Å². The Morgan fingerprint density at radius 2 is 1.37 bits per heavy atom. The van der Waals surface area contributed by atoms with Crippen molar-refractivity contribution in [2.24, 2.45) is 5.92 Å². The Balaban J connectivity index is 2.18. The molecule has 9 heteroatoms. The predicted molar refractivity (Wildman–Crippen MR) is 140 cm³/mol. The minimum atomic E-state index is -0.638. The summed E-state index contributed by atoms with van der Waals surface area (Å²) in [6.07, 6.45) is 0. The third kappa shape index (κ3) is 9.24. The van der Waals surface area contributed by atoms with E-state index in [2.05, 4.69) is 13.2 Å². The molecule has 0 N–H and O–H groups in total. The first kappa shape index (κ1) is 29.8. The van der Waals surface area contributed by atoms with Crippen LogP contribution in [0, 0.1) is 5.92 Å². The molecule has 0 spiro atoms. The smallest absolute Gasteiger partial charge is 0.338 e. The van der Waals surface area contributed by atoms with Crippen LogP contribution in [0.2, 0.25) is 0 Å². The third-order valence-corrected chi connectivity index (χ3v) is 4.90. The van der Waals surface area contributed by atoms with Crippen LogP contribution in [0.15, 0.2) is 66.8 Å². The molecule has 0 amide bonds. The van der Waals surface area contributed by atoms with Crippen molar-refractivity contribution in [3.8, 4) is 22.6 Å². The second-order valence-electron chi connectivity index (χ2n) is 8.63. The van der Waals surface area contributed by atoms with Crippen molar-refractivity contribution < 1.29 is 42.9 Å². The zero-order valence-corrected chi connectivity index (χ0v) is 22.0. The van der Waals surface area contributed by atoms with Crippen LogP contribution in [0.5, 0.6) is 11.5 Å². The summed E-state index contributed by atoms with van der Waals surface area (Å²) < 4.78 is 26.4. The summed E-state index contributed by atoms with van der Waals surface area (Å²) in [7, 11) is 0. The number of carbonyl (C=O) groups is 4. The number of hydrogen-bond acceptors (Lipinski definition) is 9. The van der Waals surface area contributed by atoms with Gasteiger partial charge in [0.1, 0.15) is 37.9 Å². The van der Waals surface area contributed by atoms with Crippen LogP contribution in [-0.2, 0) is 28.6 Å². The number of hydrogen-bond donors (Lipinski definition) is 0. The van der Waals surface area contributed by atoms with Gasteiger partial charge >= 0.3 is 23.9 Å². The fraction of sp³-hybridized carbons (Fsp3) is 0.310. The summed E-state index contributed by atoms with van der Waals surface area (Å²) in [6.45, 7) is 13.4. The quantitative estimate of drug-likeness (QED) is 0.121. The molecule has 0 aliphatic heterocycles. The van der Waals surface area contributed by atoms with Gasteiger partial charge in [-0.2, -0.15) is 0 Å². The molecule has 2 rings (SSSR count). The summed E-state index contributed by atoms with van der Waals surface area (Å²) in [5.74, 6) is -1.66. The monoisotopic (exact) mass is 524 g/mol. The maximum atomic E-state index is 12.6. The van der Waals surface area contributed by atoms with Gasteiger partial charge in [-0.15, -0.1) is 0 Å². The molecule has 202 valence electrons. The molecule has 0 aliphatic carbocycles. The van der Waals surface area contributed by atoms with E-state index in [1.807, 2.05) is 0 Å². The maximum absolute atomic E-state index is 12.6. The van der Waals surface area contributed by atoms with Gasteiger partial charge in [0.15, 0.2) is 0 Å². The molecule has 0 heterocycles. The minimum absolute atomic E-state index is 0.0228. The van der Waals surface area contributed by atoms with E-state index in [1.165, 1.54) is 13.0 Å². The van der Waals surface area contributed by atoms with Gasteiger partial charge in [-0.05, 0) is 49.7 Å². The van der Waals surface area contributed by atoms with E-state index in [9.17, 15) is 19.2 Å². The van der Waals surface area contributed by atoms with Gasteiger partial charge in [0, 0.05) is 16.7 Å². The summed E-state index contributed by atoms with van der Waals surface area (Å²) in [5, 5.41) is 0. The first-order valence-electron chi connectivity index (χ1n) is 11.9. The number of esters is 4. The van der Waals surface area contributed by atoms with Crippen molar-refractivity contribution in [1.29, 1.82) is 0 Å². The first-order chi connectivity index (χ1) is 18.0. The van der Waals surface area contributed by atoms with Gasteiger partial charge < -0.3 is 23.7 Å².